The van der Waals surface area contributed by atoms with Gasteiger partial charge in [-0.05, 0) is 30.0 Å². The second-order valence-corrected chi connectivity index (χ2v) is 8.09. The molecule has 5 rings (SSSR count). The number of aryl methyl sites for hydroxylation is 1. The second kappa shape index (κ2) is 5.99. The number of fused-ring (bicyclic) bond motifs is 1. The molecule has 3 aliphatic rings. The molecule has 24 heavy (non-hydrogen) atoms. The van der Waals surface area contributed by atoms with Crippen LogP contribution in [0, 0.1) is 6.92 Å². The topological polar surface area (TPSA) is 73.8 Å². The van der Waals surface area contributed by atoms with Crippen LogP contribution in [0.15, 0.2) is 42.5 Å². The Hall–Kier alpha value is -1.69. The summed E-state index contributed by atoms with van der Waals surface area (Å²) < 4.78 is 27.2. The van der Waals surface area contributed by atoms with Gasteiger partial charge in [0.25, 0.3) is 0 Å². The summed E-state index contributed by atoms with van der Waals surface area (Å²) in [6, 6.07) is 15.9. The van der Waals surface area contributed by atoms with Gasteiger partial charge in [0.15, 0.2) is 0 Å². The molecule has 0 saturated heterocycles. The lowest BCUT2D eigenvalue weighted by atomic mass is 9.58. The molecular weight excluding hydrogens is 322 g/mol. The van der Waals surface area contributed by atoms with Crippen molar-refractivity contribution in [2.45, 2.75) is 31.2 Å². The smallest absolute Gasteiger partial charge is 0.148 e. The molecule has 0 heterocycles. The number of nitrogens with two attached hydrogens (primary N) is 1. The number of rotatable bonds is 1. The van der Waals surface area contributed by atoms with Crippen LogP contribution in [0.2, 0.25) is 0 Å². The SMILES string of the molecule is CS(=O)(=O)[O-].C[NH2+]C12CCC(c3ccccc31)c1cccc(C)c12. The fraction of sp³-hybridized carbons (Fsp3) is 0.368. The molecule has 2 N–H and O–H groups in total. The van der Waals surface area contributed by atoms with Crippen molar-refractivity contribution >= 4 is 10.1 Å². The average Bonchev–Trinajstić information content (AvgIpc) is 2.54. The molecule has 0 spiro atoms. The van der Waals surface area contributed by atoms with Crippen molar-refractivity contribution in [1.82, 2.24) is 0 Å². The number of hydrogen-bond acceptors (Lipinski definition) is 3. The first-order valence-corrected chi connectivity index (χ1v) is 10.0. The Balaban J connectivity index is 0.000000300. The van der Waals surface area contributed by atoms with E-state index in [1.807, 2.05) is 0 Å². The zero-order valence-corrected chi connectivity index (χ0v) is 15.1. The molecule has 0 aliphatic heterocycles. The van der Waals surface area contributed by atoms with Crippen LogP contribution < -0.4 is 5.32 Å². The first-order valence-electron chi connectivity index (χ1n) is 8.18. The van der Waals surface area contributed by atoms with E-state index >= 15 is 0 Å². The lowest BCUT2D eigenvalue weighted by Gasteiger charge is -2.47. The molecule has 2 aromatic rings. The molecule has 0 saturated carbocycles. The van der Waals surface area contributed by atoms with Crippen molar-refractivity contribution in [2.75, 3.05) is 13.3 Å². The minimum absolute atomic E-state index is 0.159. The van der Waals surface area contributed by atoms with E-state index in [-0.39, 0.29) is 5.54 Å². The molecule has 0 amide bonds. The van der Waals surface area contributed by atoms with E-state index in [9.17, 15) is 0 Å². The van der Waals surface area contributed by atoms with Crippen molar-refractivity contribution in [3.05, 3.63) is 70.3 Å². The van der Waals surface area contributed by atoms with Gasteiger partial charge in [-0.15, -0.1) is 0 Å². The number of hydrogen-bond donors (Lipinski definition) is 1. The van der Waals surface area contributed by atoms with Crippen LogP contribution in [-0.2, 0) is 15.7 Å². The highest BCUT2D eigenvalue weighted by molar-refractivity contribution is 7.84. The van der Waals surface area contributed by atoms with Crippen LogP contribution in [0.1, 0.15) is 46.6 Å². The lowest BCUT2D eigenvalue weighted by Crippen LogP contribution is -2.93. The Bertz CT molecular complexity index is 868. The van der Waals surface area contributed by atoms with Gasteiger partial charge < -0.3 is 9.87 Å². The molecule has 2 unspecified atom stereocenters. The zero-order chi connectivity index (χ0) is 17.5. The van der Waals surface area contributed by atoms with Crippen LogP contribution in [0.4, 0.5) is 0 Å². The van der Waals surface area contributed by atoms with Crippen LogP contribution in [-0.4, -0.2) is 26.3 Å². The normalized spacial score (nSPS) is 23.8. The maximum Gasteiger partial charge on any atom is 0.148 e. The van der Waals surface area contributed by atoms with E-state index in [1.54, 1.807) is 22.3 Å². The molecule has 0 fully saturated rings. The van der Waals surface area contributed by atoms with Crippen molar-refractivity contribution in [1.29, 1.82) is 0 Å². The first kappa shape index (κ1) is 17.1. The molecule has 2 aromatic carbocycles. The minimum Gasteiger partial charge on any atom is -0.748 e. The molecule has 2 bridgehead atoms. The van der Waals surface area contributed by atoms with Crippen LogP contribution in [0.3, 0.4) is 0 Å². The third-order valence-electron chi connectivity index (χ3n) is 5.26. The Morgan fingerprint density at radius 3 is 2.42 bits per heavy atom. The Morgan fingerprint density at radius 2 is 1.75 bits per heavy atom. The van der Waals surface area contributed by atoms with Gasteiger partial charge in [-0.3, -0.25) is 0 Å². The maximum absolute atomic E-state index is 9.08. The summed E-state index contributed by atoms with van der Waals surface area (Å²) in [6.07, 6.45) is 3.16. The highest BCUT2D eigenvalue weighted by Crippen LogP contribution is 2.53. The molecule has 0 aromatic heterocycles. The Kier molecular flexibility index (Phi) is 4.28. The molecular formula is C19H23NO3S. The van der Waals surface area contributed by atoms with Crippen molar-refractivity contribution in [3.8, 4) is 0 Å². The van der Waals surface area contributed by atoms with E-state index in [2.05, 4.69) is 61.8 Å². The molecule has 0 radical (unpaired) electrons. The van der Waals surface area contributed by atoms with Gasteiger partial charge in [0.1, 0.15) is 5.54 Å². The fourth-order valence-electron chi connectivity index (χ4n) is 4.49. The van der Waals surface area contributed by atoms with E-state index in [0.717, 1.165) is 0 Å². The fourth-order valence-corrected chi connectivity index (χ4v) is 4.49. The van der Waals surface area contributed by atoms with Gasteiger partial charge in [0.05, 0.1) is 17.2 Å². The van der Waals surface area contributed by atoms with Crippen molar-refractivity contribution < 1.29 is 18.3 Å². The summed E-state index contributed by atoms with van der Waals surface area (Å²) in [7, 11) is -1.68. The van der Waals surface area contributed by atoms with E-state index in [4.69, 9.17) is 13.0 Å². The van der Waals surface area contributed by atoms with Crippen LogP contribution >= 0.6 is 0 Å². The van der Waals surface area contributed by atoms with E-state index in [1.165, 1.54) is 18.4 Å². The molecule has 3 aliphatic carbocycles. The van der Waals surface area contributed by atoms with Gasteiger partial charge in [-0.1, -0.05) is 42.5 Å². The molecule has 2 atom stereocenters. The summed E-state index contributed by atoms with van der Waals surface area (Å²) in [5.74, 6) is 0.618. The summed E-state index contributed by atoms with van der Waals surface area (Å²) in [5.41, 5.74) is 7.89. The van der Waals surface area contributed by atoms with Crippen molar-refractivity contribution in [3.63, 3.8) is 0 Å². The third kappa shape index (κ3) is 2.77. The summed E-state index contributed by atoms with van der Waals surface area (Å²) >= 11 is 0. The number of quaternary nitrogens is 1. The highest BCUT2D eigenvalue weighted by Gasteiger charge is 2.51. The van der Waals surface area contributed by atoms with Gasteiger partial charge in [0, 0.05) is 29.7 Å². The van der Waals surface area contributed by atoms with Gasteiger partial charge in [-0.2, -0.15) is 0 Å². The Labute approximate surface area is 143 Å². The standard InChI is InChI=1S/C18H19N.CH4O3S/c1-12-6-5-8-15-13-10-11-18(19-2,17(12)15)16-9-4-3-7-14(13)16;1-5(2,3)4/h3-9,13,19H,10-11H2,1-2H3;1H3,(H,2,3,4). The summed E-state index contributed by atoms with van der Waals surface area (Å²) in [4.78, 5) is 0. The van der Waals surface area contributed by atoms with E-state index < -0.39 is 10.1 Å². The first-order chi connectivity index (χ1) is 11.3. The van der Waals surface area contributed by atoms with E-state index in [0.29, 0.717) is 12.2 Å². The Morgan fingerprint density at radius 1 is 1.12 bits per heavy atom. The van der Waals surface area contributed by atoms with Crippen LogP contribution in [0.5, 0.6) is 0 Å². The summed E-state index contributed by atoms with van der Waals surface area (Å²) in [5, 5.41) is 2.44. The highest BCUT2D eigenvalue weighted by atomic mass is 32.2. The second-order valence-electron chi connectivity index (χ2n) is 6.68. The van der Waals surface area contributed by atoms with Gasteiger partial charge in [0.2, 0.25) is 0 Å². The lowest BCUT2D eigenvalue weighted by molar-refractivity contribution is -0.705. The largest absolute Gasteiger partial charge is 0.748 e. The summed E-state index contributed by atoms with van der Waals surface area (Å²) in [6.45, 7) is 2.27. The third-order valence-corrected chi connectivity index (χ3v) is 5.26. The van der Waals surface area contributed by atoms with Gasteiger partial charge in [-0.25, -0.2) is 8.42 Å². The quantitative estimate of drug-likeness (QED) is 0.802. The predicted molar refractivity (Wildman–Crippen MR) is 92.9 cm³/mol. The average molecular weight is 345 g/mol. The molecule has 5 heteroatoms. The van der Waals surface area contributed by atoms with Gasteiger partial charge >= 0.3 is 0 Å². The monoisotopic (exact) mass is 345 g/mol. The minimum atomic E-state index is -3.92. The predicted octanol–water partition coefficient (Wildman–Crippen LogP) is 1.83. The molecule has 4 nitrogen and oxygen atoms in total. The maximum atomic E-state index is 9.08. The number of benzene rings is 2. The van der Waals surface area contributed by atoms with Crippen molar-refractivity contribution in [2.24, 2.45) is 0 Å². The molecule has 128 valence electrons. The van der Waals surface area contributed by atoms with Crippen LogP contribution in [0.25, 0.3) is 0 Å². The zero-order valence-electron chi connectivity index (χ0n) is 14.2.